The molecule has 1 N–H and O–H groups in total. The summed E-state index contributed by atoms with van der Waals surface area (Å²) in [4.78, 5) is 31.5. The van der Waals surface area contributed by atoms with Crippen LogP contribution in [-0.4, -0.2) is 30.5 Å². The van der Waals surface area contributed by atoms with Gasteiger partial charge in [0.05, 0.1) is 12.7 Å². The molecule has 1 aromatic carbocycles. The molecule has 0 aliphatic rings. The van der Waals surface area contributed by atoms with Crippen LogP contribution in [0.3, 0.4) is 0 Å². The van der Waals surface area contributed by atoms with Crippen molar-refractivity contribution in [1.82, 2.24) is 0 Å². The lowest BCUT2D eigenvalue weighted by Gasteiger charge is -2.03. The zero-order valence-corrected chi connectivity index (χ0v) is 9.00. The quantitative estimate of drug-likeness (QED) is 0.472. The fourth-order valence-electron chi connectivity index (χ4n) is 1.13. The predicted molar refractivity (Wildman–Crippen MR) is 58.3 cm³/mol. The molecule has 0 aromatic heterocycles. The van der Waals surface area contributed by atoms with E-state index in [0.29, 0.717) is 11.3 Å². The van der Waals surface area contributed by atoms with Crippen molar-refractivity contribution in [3.63, 3.8) is 0 Å². The second kappa shape index (κ2) is 5.59. The largest absolute Gasteiger partial charge is 0.465 e. The Bertz CT molecular complexity index is 441. The van der Waals surface area contributed by atoms with Gasteiger partial charge in [0, 0.05) is 10.6 Å². The molecular formula is C10H10N2O5. The number of carbonyl (C=O) groups excluding carboxylic acids is 2. The molecule has 0 radical (unpaired) electrons. The van der Waals surface area contributed by atoms with Gasteiger partial charge >= 0.3 is 5.97 Å². The van der Waals surface area contributed by atoms with E-state index in [2.05, 4.69) is 10.1 Å². The van der Waals surface area contributed by atoms with Crippen LogP contribution in [0.25, 0.3) is 0 Å². The highest BCUT2D eigenvalue weighted by Gasteiger charge is 2.10. The van der Waals surface area contributed by atoms with Gasteiger partial charge in [-0.05, 0) is 24.3 Å². The van der Waals surface area contributed by atoms with Gasteiger partial charge < -0.3 is 10.1 Å². The Hall–Kier alpha value is -2.44. The number of hydrogen-bond acceptors (Lipinski definition) is 5. The fraction of sp³-hybridized carbons (Fsp3) is 0.200. The Morgan fingerprint density at radius 3 is 2.41 bits per heavy atom. The van der Waals surface area contributed by atoms with Gasteiger partial charge in [0.2, 0.25) is 0 Å². The monoisotopic (exact) mass is 238 g/mol. The van der Waals surface area contributed by atoms with Crippen LogP contribution in [0.1, 0.15) is 10.4 Å². The molecule has 0 heterocycles. The SMILES string of the molecule is COC(=O)c1ccc(NC(=O)C[N+](=O)[O-])cc1. The van der Waals surface area contributed by atoms with E-state index in [1.165, 1.54) is 31.4 Å². The third kappa shape index (κ3) is 3.90. The second-order valence-corrected chi connectivity index (χ2v) is 3.11. The number of carbonyl (C=O) groups is 2. The molecule has 0 fully saturated rings. The Morgan fingerprint density at radius 2 is 1.94 bits per heavy atom. The summed E-state index contributed by atoms with van der Waals surface area (Å²) in [5.41, 5.74) is 0.712. The van der Waals surface area contributed by atoms with Gasteiger partial charge in [0.1, 0.15) is 0 Å². The highest BCUT2D eigenvalue weighted by Crippen LogP contribution is 2.10. The van der Waals surface area contributed by atoms with E-state index < -0.39 is 23.3 Å². The van der Waals surface area contributed by atoms with E-state index in [1.807, 2.05) is 0 Å². The topological polar surface area (TPSA) is 98.5 Å². The van der Waals surface area contributed by atoms with Gasteiger partial charge in [-0.25, -0.2) is 4.79 Å². The molecule has 0 unspecified atom stereocenters. The number of benzene rings is 1. The molecule has 0 spiro atoms. The maximum Gasteiger partial charge on any atom is 0.337 e. The van der Waals surface area contributed by atoms with Crippen LogP contribution in [0.5, 0.6) is 0 Å². The van der Waals surface area contributed by atoms with Gasteiger partial charge in [-0.15, -0.1) is 0 Å². The smallest absolute Gasteiger partial charge is 0.337 e. The van der Waals surface area contributed by atoms with Crippen LogP contribution in [0.15, 0.2) is 24.3 Å². The number of nitrogens with zero attached hydrogens (tertiary/aromatic N) is 1. The Morgan fingerprint density at radius 1 is 1.35 bits per heavy atom. The van der Waals surface area contributed by atoms with E-state index in [-0.39, 0.29) is 0 Å². The maximum absolute atomic E-state index is 11.1. The molecule has 0 saturated carbocycles. The average Bonchev–Trinajstić information content (AvgIpc) is 2.28. The number of ether oxygens (including phenoxy) is 1. The number of hydrogen-bond donors (Lipinski definition) is 1. The third-order valence-electron chi connectivity index (χ3n) is 1.86. The minimum absolute atomic E-state index is 0.333. The lowest BCUT2D eigenvalue weighted by molar-refractivity contribution is -0.467. The first-order valence-corrected chi connectivity index (χ1v) is 4.63. The van der Waals surface area contributed by atoms with E-state index in [9.17, 15) is 19.7 Å². The Labute approximate surface area is 96.5 Å². The number of esters is 1. The molecule has 17 heavy (non-hydrogen) atoms. The van der Waals surface area contributed by atoms with E-state index in [1.54, 1.807) is 0 Å². The molecule has 1 amide bonds. The average molecular weight is 238 g/mol. The molecule has 1 rings (SSSR count). The van der Waals surface area contributed by atoms with Crippen molar-refractivity contribution in [2.45, 2.75) is 0 Å². The highest BCUT2D eigenvalue weighted by molar-refractivity contribution is 5.93. The molecule has 0 aliphatic carbocycles. The van der Waals surface area contributed by atoms with Gasteiger partial charge in [0.15, 0.2) is 0 Å². The highest BCUT2D eigenvalue weighted by atomic mass is 16.6. The molecule has 0 atom stereocenters. The second-order valence-electron chi connectivity index (χ2n) is 3.11. The molecule has 90 valence electrons. The van der Waals surface area contributed by atoms with Crippen LogP contribution < -0.4 is 5.32 Å². The standard InChI is InChI=1S/C10H10N2O5/c1-17-10(14)7-2-4-8(5-3-7)11-9(13)6-12(15)16/h2-5H,6H2,1H3,(H,11,13). The van der Waals surface area contributed by atoms with Crippen LogP contribution in [0.4, 0.5) is 5.69 Å². The van der Waals surface area contributed by atoms with Gasteiger partial charge in [-0.3, -0.25) is 14.9 Å². The number of methoxy groups -OCH3 is 1. The first-order valence-electron chi connectivity index (χ1n) is 4.63. The predicted octanol–water partition coefficient (Wildman–Crippen LogP) is 0.688. The van der Waals surface area contributed by atoms with Crippen molar-refractivity contribution in [1.29, 1.82) is 0 Å². The summed E-state index contributed by atoms with van der Waals surface area (Å²) in [5.74, 6) is -1.21. The minimum atomic E-state index is -0.793. The van der Waals surface area contributed by atoms with Crippen molar-refractivity contribution >= 4 is 17.6 Å². The van der Waals surface area contributed by atoms with Gasteiger partial charge in [-0.2, -0.15) is 0 Å². The van der Waals surface area contributed by atoms with Gasteiger partial charge in [-0.1, -0.05) is 0 Å². The summed E-state index contributed by atoms with van der Waals surface area (Å²) in [7, 11) is 1.26. The molecule has 0 bridgehead atoms. The number of nitrogens with one attached hydrogen (secondary N) is 1. The summed E-state index contributed by atoms with van der Waals surface area (Å²) >= 11 is 0. The molecule has 7 nitrogen and oxygen atoms in total. The number of nitro groups is 1. The molecule has 1 aromatic rings. The van der Waals surface area contributed by atoms with E-state index in [0.717, 1.165) is 0 Å². The van der Waals surface area contributed by atoms with Crippen molar-refractivity contribution in [3.8, 4) is 0 Å². The minimum Gasteiger partial charge on any atom is -0.465 e. The maximum atomic E-state index is 11.1. The Kier molecular flexibility index (Phi) is 4.15. The van der Waals surface area contributed by atoms with Crippen LogP contribution >= 0.6 is 0 Å². The van der Waals surface area contributed by atoms with Crippen LogP contribution in [0, 0.1) is 10.1 Å². The zero-order chi connectivity index (χ0) is 12.8. The summed E-state index contributed by atoms with van der Waals surface area (Å²) in [6.07, 6.45) is 0. The van der Waals surface area contributed by atoms with Crippen molar-refractivity contribution in [2.24, 2.45) is 0 Å². The molecule has 0 aliphatic heterocycles. The summed E-state index contributed by atoms with van der Waals surface area (Å²) in [6, 6.07) is 5.83. The summed E-state index contributed by atoms with van der Waals surface area (Å²) in [5, 5.41) is 12.4. The molecule has 0 saturated heterocycles. The normalized spacial score (nSPS) is 9.47. The van der Waals surface area contributed by atoms with E-state index in [4.69, 9.17) is 0 Å². The lowest BCUT2D eigenvalue weighted by atomic mass is 10.2. The molecule has 7 heteroatoms. The van der Waals surface area contributed by atoms with Crippen molar-refractivity contribution in [2.75, 3.05) is 19.0 Å². The fourth-order valence-corrected chi connectivity index (χ4v) is 1.13. The first kappa shape index (κ1) is 12.6. The van der Waals surface area contributed by atoms with Crippen molar-refractivity contribution in [3.05, 3.63) is 39.9 Å². The van der Waals surface area contributed by atoms with Gasteiger partial charge in [0.25, 0.3) is 12.5 Å². The summed E-state index contributed by atoms with van der Waals surface area (Å²) in [6.45, 7) is -0.793. The summed E-state index contributed by atoms with van der Waals surface area (Å²) < 4.78 is 4.49. The lowest BCUT2D eigenvalue weighted by Crippen LogP contribution is -2.21. The number of amides is 1. The zero-order valence-electron chi connectivity index (χ0n) is 9.00. The third-order valence-corrected chi connectivity index (χ3v) is 1.86. The Balaban J connectivity index is 2.65. The van der Waals surface area contributed by atoms with Crippen LogP contribution in [0.2, 0.25) is 0 Å². The first-order chi connectivity index (χ1) is 8.02. The molecular weight excluding hydrogens is 228 g/mol. The number of anilines is 1. The van der Waals surface area contributed by atoms with Crippen LogP contribution in [-0.2, 0) is 9.53 Å². The van der Waals surface area contributed by atoms with Crippen molar-refractivity contribution < 1.29 is 19.2 Å². The van der Waals surface area contributed by atoms with E-state index >= 15 is 0 Å². The number of rotatable bonds is 4.